The van der Waals surface area contributed by atoms with Crippen LogP contribution in [0.3, 0.4) is 0 Å². The Morgan fingerprint density at radius 3 is 2.95 bits per heavy atom. The van der Waals surface area contributed by atoms with Gasteiger partial charge in [0.25, 0.3) is 5.91 Å². The molecule has 0 aliphatic carbocycles. The van der Waals surface area contributed by atoms with E-state index < -0.39 is 0 Å². The highest BCUT2D eigenvalue weighted by atomic mass is 16.5. The summed E-state index contributed by atoms with van der Waals surface area (Å²) in [5.41, 5.74) is 1.58. The van der Waals surface area contributed by atoms with E-state index in [0.29, 0.717) is 12.2 Å². The number of carbonyl (C=O) groups excluding carboxylic acids is 1. The van der Waals surface area contributed by atoms with Crippen molar-refractivity contribution in [2.75, 3.05) is 25.1 Å². The number of rotatable bonds is 5. The molecule has 1 aromatic heterocycles. The third-order valence-corrected chi connectivity index (χ3v) is 3.13. The van der Waals surface area contributed by atoms with Crippen LogP contribution in [0.1, 0.15) is 36.3 Å². The highest BCUT2D eigenvalue weighted by Gasteiger charge is 2.19. The van der Waals surface area contributed by atoms with E-state index in [2.05, 4.69) is 15.6 Å². The number of hydrogen-bond donors (Lipinski definition) is 2. The number of pyridine rings is 1. The number of anilines is 1. The van der Waals surface area contributed by atoms with Crippen LogP contribution in [-0.4, -0.2) is 36.7 Å². The first-order chi connectivity index (χ1) is 9.22. The van der Waals surface area contributed by atoms with E-state index >= 15 is 0 Å². The summed E-state index contributed by atoms with van der Waals surface area (Å²) in [5.74, 6) is 0.710. The number of hydrogen-bond acceptors (Lipinski definition) is 4. The van der Waals surface area contributed by atoms with Crippen molar-refractivity contribution >= 4 is 11.7 Å². The zero-order valence-electron chi connectivity index (χ0n) is 11.5. The van der Waals surface area contributed by atoms with Gasteiger partial charge in [-0.15, -0.1) is 0 Å². The average molecular weight is 263 g/mol. The normalized spacial score (nSPS) is 18.3. The van der Waals surface area contributed by atoms with E-state index in [4.69, 9.17) is 4.74 Å². The third kappa shape index (κ3) is 3.67. The predicted molar refractivity (Wildman–Crippen MR) is 74.5 cm³/mol. The van der Waals surface area contributed by atoms with Crippen molar-refractivity contribution in [2.24, 2.45) is 0 Å². The Bertz CT molecular complexity index is 442. The van der Waals surface area contributed by atoms with E-state index in [1.165, 1.54) is 0 Å². The number of aryl methyl sites for hydroxylation is 1. The average Bonchev–Trinajstić information content (AvgIpc) is 2.91. The molecule has 1 saturated heterocycles. The van der Waals surface area contributed by atoms with Crippen LogP contribution in [0, 0.1) is 0 Å². The molecule has 2 N–H and O–H groups in total. The Labute approximate surface area is 113 Å². The molecule has 1 amide bonds. The predicted octanol–water partition coefficient (Wildman–Crippen LogP) is 1.59. The molecule has 2 heterocycles. The number of carbonyl (C=O) groups is 1. The van der Waals surface area contributed by atoms with Crippen LogP contribution < -0.4 is 10.6 Å². The van der Waals surface area contributed by atoms with Crippen LogP contribution in [0.25, 0.3) is 0 Å². The van der Waals surface area contributed by atoms with Gasteiger partial charge in [0, 0.05) is 24.4 Å². The lowest BCUT2D eigenvalue weighted by Crippen LogP contribution is -2.35. The lowest BCUT2D eigenvalue weighted by atomic mass is 10.1. The lowest BCUT2D eigenvalue weighted by Gasteiger charge is -2.12. The van der Waals surface area contributed by atoms with Crippen molar-refractivity contribution in [1.82, 2.24) is 10.3 Å². The summed E-state index contributed by atoms with van der Waals surface area (Å²) in [4.78, 5) is 16.6. The van der Waals surface area contributed by atoms with Crippen LogP contribution >= 0.6 is 0 Å². The minimum atomic E-state index is -0.0493. The molecule has 1 aromatic rings. The molecular formula is C14H21N3O2. The molecule has 0 saturated carbocycles. The molecule has 5 heteroatoms. The van der Waals surface area contributed by atoms with Gasteiger partial charge in [0.05, 0.1) is 12.6 Å². The van der Waals surface area contributed by atoms with Gasteiger partial charge in [-0.3, -0.25) is 4.79 Å². The van der Waals surface area contributed by atoms with E-state index in [0.717, 1.165) is 37.5 Å². The molecule has 0 bridgehead atoms. The molecule has 1 fully saturated rings. The highest BCUT2D eigenvalue weighted by molar-refractivity contribution is 5.95. The fraction of sp³-hybridized carbons (Fsp3) is 0.571. The van der Waals surface area contributed by atoms with E-state index in [1.807, 2.05) is 19.9 Å². The second-order valence-corrected chi connectivity index (χ2v) is 4.65. The first-order valence-electron chi connectivity index (χ1n) is 6.86. The maximum absolute atomic E-state index is 12.2. The van der Waals surface area contributed by atoms with Crippen molar-refractivity contribution in [2.45, 2.75) is 32.7 Å². The minimum Gasteiger partial charge on any atom is -0.379 e. The van der Waals surface area contributed by atoms with E-state index in [-0.39, 0.29) is 11.9 Å². The summed E-state index contributed by atoms with van der Waals surface area (Å²) in [7, 11) is 0. The van der Waals surface area contributed by atoms with Crippen LogP contribution in [0.4, 0.5) is 5.82 Å². The van der Waals surface area contributed by atoms with Gasteiger partial charge in [0.1, 0.15) is 5.82 Å². The van der Waals surface area contributed by atoms with Crippen molar-refractivity contribution < 1.29 is 9.53 Å². The van der Waals surface area contributed by atoms with Crippen LogP contribution in [0.2, 0.25) is 0 Å². The van der Waals surface area contributed by atoms with Crippen molar-refractivity contribution in [3.8, 4) is 0 Å². The van der Waals surface area contributed by atoms with Gasteiger partial charge in [-0.1, -0.05) is 6.92 Å². The van der Waals surface area contributed by atoms with Crippen LogP contribution in [-0.2, 0) is 11.2 Å². The molecule has 0 radical (unpaired) electrons. The van der Waals surface area contributed by atoms with Gasteiger partial charge in [-0.05, 0) is 31.9 Å². The molecule has 1 aliphatic heterocycles. The zero-order valence-corrected chi connectivity index (χ0v) is 11.5. The largest absolute Gasteiger partial charge is 0.379 e. The Balaban J connectivity index is 2.12. The maximum atomic E-state index is 12.2. The van der Waals surface area contributed by atoms with Gasteiger partial charge < -0.3 is 15.4 Å². The second-order valence-electron chi connectivity index (χ2n) is 4.65. The summed E-state index contributed by atoms with van der Waals surface area (Å²) < 4.78 is 5.26. The Kier molecular flexibility index (Phi) is 4.74. The third-order valence-electron chi connectivity index (χ3n) is 3.13. The molecule has 5 nitrogen and oxygen atoms in total. The van der Waals surface area contributed by atoms with Crippen LogP contribution in [0.15, 0.2) is 12.1 Å². The van der Waals surface area contributed by atoms with Crippen molar-refractivity contribution in [1.29, 1.82) is 0 Å². The smallest absolute Gasteiger partial charge is 0.251 e. The van der Waals surface area contributed by atoms with Gasteiger partial charge in [-0.2, -0.15) is 0 Å². The summed E-state index contributed by atoms with van der Waals surface area (Å²) >= 11 is 0. The van der Waals surface area contributed by atoms with Crippen molar-refractivity contribution in [3.05, 3.63) is 23.4 Å². The van der Waals surface area contributed by atoms with Gasteiger partial charge in [-0.25, -0.2) is 4.98 Å². The first kappa shape index (κ1) is 13.8. The fourth-order valence-corrected chi connectivity index (χ4v) is 2.09. The fourth-order valence-electron chi connectivity index (χ4n) is 2.09. The number of nitrogens with zero attached hydrogens (tertiary/aromatic N) is 1. The summed E-state index contributed by atoms with van der Waals surface area (Å²) in [6, 6.07) is 3.79. The maximum Gasteiger partial charge on any atom is 0.251 e. The Morgan fingerprint density at radius 2 is 2.32 bits per heavy atom. The molecule has 0 spiro atoms. The Hall–Kier alpha value is -1.62. The topological polar surface area (TPSA) is 63.2 Å². The van der Waals surface area contributed by atoms with Crippen molar-refractivity contribution in [3.63, 3.8) is 0 Å². The molecule has 2 rings (SSSR count). The quantitative estimate of drug-likeness (QED) is 0.847. The highest BCUT2D eigenvalue weighted by Crippen LogP contribution is 2.12. The lowest BCUT2D eigenvalue weighted by molar-refractivity contribution is 0.0929. The van der Waals surface area contributed by atoms with Crippen LogP contribution in [0.5, 0.6) is 0 Å². The van der Waals surface area contributed by atoms with Gasteiger partial charge in [0.2, 0.25) is 0 Å². The standard InChI is InChI=1S/C14H21N3O2/c1-3-11-7-10(8-13(16-11)15-4-2)14(18)17-12-5-6-19-9-12/h7-8,12H,3-6,9H2,1-2H3,(H,15,16)(H,17,18). The molecule has 1 unspecified atom stereocenters. The van der Waals surface area contributed by atoms with Gasteiger partial charge >= 0.3 is 0 Å². The first-order valence-corrected chi connectivity index (χ1v) is 6.86. The monoisotopic (exact) mass is 263 g/mol. The van der Waals surface area contributed by atoms with Gasteiger partial charge in [0.15, 0.2) is 0 Å². The molecular weight excluding hydrogens is 242 g/mol. The molecule has 19 heavy (non-hydrogen) atoms. The SMILES string of the molecule is CCNc1cc(C(=O)NC2CCOC2)cc(CC)n1. The number of aromatic nitrogens is 1. The Morgan fingerprint density at radius 1 is 1.47 bits per heavy atom. The molecule has 104 valence electrons. The molecule has 0 aromatic carbocycles. The molecule has 1 atom stereocenters. The summed E-state index contributed by atoms with van der Waals surface area (Å²) in [5, 5.41) is 6.15. The number of ether oxygens (including phenoxy) is 1. The number of amides is 1. The number of nitrogens with one attached hydrogen (secondary N) is 2. The summed E-state index contributed by atoms with van der Waals surface area (Å²) in [6.45, 7) is 6.17. The summed E-state index contributed by atoms with van der Waals surface area (Å²) in [6.07, 6.45) is 1.70. The van der Waals surface area contributed by atoms with E-state index in [1.54, 1.807) is 6.07 Å². The second kappa shape index (κ2) is 6.52. The minimum absolute atomic E-state index is 0.0493. The molecule has 1 aliphatic rings. The van der Waals surface area contributed by atoms with E-state index in [9.17, 15) is 4.79 Å². The zero-order chi connectivity index (χ0) is 13.7.